The van der Waals surface area contributed by atoms with Crippen molar-refractivity contribution in [1.82, 2.24) is 0 Å². The molecule has 3 aromatic carbocycles. The van der Waals surface area contributed by atoms with Crippen molar-refractivity contribution in [3.63, 3.8) is 0 Å². The highest BCUT2D eigenvalue weighted by atomic mass is 127. The van der Waals surface area contributed by atoms with Gasteiger partial charge in [0.1, 0.15) is 4.90 Å². The van der Waals surface area contributed by atoms with Crippen molar-refractivity contribution in [2.45, 2.75) is 4.90 Å². The maximum absolute atomic E-state index is 12.0. The van der Waals surface area contributed by atoms with Crippen molar-refractivity contribution < 1.29 is 22.8 Å². The molecule has 0 amide bonds. The van der Waals surface area contributed by atoms with Crippen LogP contribution < -0.4 is 0 Å². The molecule has 0 saturated carbocycles. The Morgan fingerprint density at radius 3 is 2.14 bits per heavy atom. The van der Waals surface area contributed by atoms with Crippen LogP contribution in [0.4, 0.5) is 11.4 Å². The number of nitro benzene ring substituents is 2. The average Bonchev–Trinajstić information content (AvgIpc) is 2.66. The lowest BCUT2D eigenvalue weighted by Gasteiger charge is -2.14. The van der Waals surface area contributed by atoms with Crippen LogP contribution in [-0.2, 0) is 10.1 Å². The summed E-state index contributed by atoms with van der Waals surface area (Å²) in [5.74, 6) is 0. The molecule has 0 aliphatic heterocycles. The quantitative estimate of drug-likeness (QED) is 0.224. The third-order valence-corrected chi connectivity index (χ3v) is 5.59. The van der Waals surface area contributed by atoms with Gasteiger partial charge in [0.15, 0.2) is 0 Å². The standard InChI is InChI=1S/C18H10IN2O7S/c19-12-6-4-11(5-7-12)14-2-1-3-17(29(26,27)28)18(14)15-9-8-13(20(22)23)10-16(15)21(24)25/h1-2,4-10H,(H,26,27,28). The molecule has 0 unspecified atom stereocenters. The van der Waals surface area contributed by atoms with Crippen LogP contribution in [0.5, 0.6) is 0 Å². The number of hydrogen-bond donors (Lipinski definition) is 1. The predicted octanol–water partition coefficient (Wildman–Crippen LogP) is 4.49. The Bertz CT molecular complexity index is 1240. The molecule has 0 heterocycles. The molecule has 3 aromatic rings. The fourth-order valence-electron chi connectivity index (χ4n) is 2.82. The van der Waals surface area contributed by atoms with Crippen LogP contribution in [0.1, 0.15) is 0 Å². The normalized spacial score (nSPS) is 11.2. The molecule has 0 aromatic heterocycles. The van der Waals surface area contributed by atoms with Crippen LogP contribution >= 0.6 is 22.6 Å². The van der Waals surface area contributed by atoms with E-state index in [1.165, 1.54) is 12.1 Å². The number of nitro groups is 2. The van der Waals surface area contributed by atoms with E-state index in [4.69, 9.17) is 0 Å². The first kappa shape index (κ1) is 20.8. The number of non-ortho nitro benzene ring substituents is 1. The topological polar surface area (TPSA) is 141 Å². The van der Waals surface area contributed by atoms with Gasteiger partial charge in [-0.3, -0.25) is 24.8 Å². The van der Waals surface area contributed by atoms with Gasteiger partial charge in [-0.2, -0.15) is 8.42 Å². The van der Waals surface area contributed by atoms with E-state index in [0.29, 0.717) is 5.56 Å². The van der Waals surface area contributed by atoms with Crippen LogP contribution in [0.2, 0.25) is 0 Å². The van der Waals surface area contributed by atoms with E-state index < -0.39 is 36.2 Å². The van der Waals surface area contributed by atoms with Crippen LogP contribution in [0.25, 0.3) is 22.3 Å². The SMILES string of the molecule is O=[N+]([O-])c1ccc(-c2c(S(=O)(=O)O)[c]ccc2-c2ccc(I)cc2)c([N+](=O)[O-])c1. The van der Waals surface area contributed by atoms with E-state index in [2.05, 4.69) is 28.7 Å². The van der Waals surface area contributed by atoms with Gasteiger partial charge < -0.3 is 0 Å². The van der Waals surface area contributed by atoms with Crippen molar-refractivity contribution in [1.29, 1.82) is 0 Å². The molecular weight excluding hydrogens is 515 g/mol. The Morgan fingerprint density at radius 1 is 0.931 bits per heavy atom. The second-order valence-corrected chi connectivity index (χ2v) is 8.40. The molecular formula is C18H10IN2O7S. The molecule has 29 heavy (non-hydrogen) atoms. The molecule has 11 heteroatoms. The first-order valence-electron chi connectivity index (χ1n) is 7.81. The number of hydrogen-bond acceptors (Lipinski definition) is 6. The van der Waals surface area contributed by atoms with Gasteiger partial charge in [-0.15, -0.1) is 0 Å². The summed E-state index contributed by atoms with van der Waals surface area (Å²) in [7, 11) is -4.80. The molecule has 0 aliphatic carbocycles. The first-order valence-corrected chi connectivity index (χ1v) is 10.3. The summed E-state index contributed by atoms with van der Waals surface area (Å²) >= 11 is 2.08. The molecule has 0 aliphatic rings. The Kier molecular flexibility index (Phi) is 5.64. The zero-order valence-electron chi connectivity index (χ0n) is 14.3. The molecule has 3 rings (SSSR count). The highest BCUT2D eigenvalue weighted by Crippen LogP contribution is 2.42. The zero-order chi connectivity index (χ0) is 21.3. The third-order valence-electron chi connectivity index (χ3n) is 4.03. The molecule has 1 N–H and O–H groups in total. The maximum Gasteiger partial charge on any atom is 0.295 e. The van der Waals surface area contributed by atoms with E-state index in [9.17, 15) is 33.2 Å². The van der Waals surface area contributed by atoms with Gasteiger partial charge in [-0.25, -0.2) is 0 Å². The number of halogens is 1. The molecule has 0 fully saturated rings. The summed E-state index contributed by atoms with van der Waals surface area (Å²) in [6.07, 6.45) is 0. The van der Waals surface area contributed by atoms with Gasteiger partial charge in [0.05, 0.1) is 21.5 Å². The van der Waals surface area contributed by atoms with Crippen LogP contribution in [0.15, 0.2) is 59.5 Å². The molecule has 147 valence electrons. The minimum absolute atomic E-state index is 0.169. The van der Waals surface area contributed by atoms with Crippen molar-refractivity contribution in [3.05, 3.63) is 84.5 Å². The van der Waals surface area contributed by atoms with Crippen molar-refractivity contribution in [3.8, 4) is 22.3 Å². The number of rotatable bonds is 5. The van der Waals surface area contributed by atoms with E-state index in [0.717, 1.165) is 21.8 Å². The Morgan fingerprint density at radius 2 is 1.59 bits per heavy atom. The molecule has 1 radical (unpaired) electrons. The molecule has 0 atom stereocenters. The van der Waals surface area contributed by atoms with E-state index >= 15 is 0 Å². The lowest BCUT2D eigenvalue weighted by Crippen LogP contribution is -2.04. The van der Waals surface area contributed by atoms with Crippen LogP contribution in [-0.4, -0.2) is 22.8 Å². The maximum atomic E-state index is 12.0. The van der Waals surface area contributed by atoms with E-state index in [1.54, 1.807) is 24.3 Å². The van der Waals surface area contributed by atoms with Crippen molar-refractivity contribution in [2.75, 3.05) is 0 Å². The van der Waals surface area contributed by atoms with Gasteiger partial charge >= 0.3 is 0 Å². The Balaban J connectivity index is 2.43. The fourth-order valence-corrected chi connectivity index (χ4v) is 3.87. The summed E-state index contributed by atoms with van der Waals surface area (Å²) in [5.41, 5.74) is -0.742. The third kappa shape index (κ3) is 4.26. The van der Waals surface area contributed by atoms with Gasteiger partial charge in [0.2, 0.25) is 0 Å². The van der Waals surface area contributed by atoms with Gasteiger partial charge in [-0.1, -0.05) is 24.3 Å². The summed E-state index contributed by atoms with van der Waals surface area (Å²) < 4.78 is 34.5. The first-order chi connectivity index (χ1) is 13.6. The lowest BCUT2D eigenvalue weighted by molar-refractivity contribution is -0.393. The van der Waals surface area contributed by atoms with Gasteiger partial charge in [0.25, 0.3) is 21.5 Å². The number of nitrogens with zero attached hydrogens (tertiary/aromatic N) is 2. The van der Waals surface area contributed by atoms with E-state index in [1.807, 2.05) is 0 Å². The summed E-state index contributed by atoms with van der Waals surface area (Å²) in [6, 6.07) is 14.9. The highest BCUT2D eigenvalue weighted by molar-refractivity contribution is 14.1. The monoisotopic (exact) mass is 525 g/mol. The van der Waals surface area contributed by atoms with Crippen molar-refractivity contribution in [2.24, 2.45) is 0 Å². The Hall–Kier alpha value is -2.90. The Labute approximate surface area is 178 Å². The molecule has 0 spiro atoms. The predicted molar refractivity (Wildman–Crippen MR) is 112 cm³/mol. The second-order valence-electron chi connectivity index (χ2n) is 5.79. The lowest BCUT2D eigenvalue weighted by atomic mass is 9.93. The van der Waals surface area contributed by atoms with Gasteiger partial charge in [-0.05, 0) is 51.9 Å². The van der Waals surface area contributed by atoms with Gasteiger partial charge in [0, 0.05) is 21.3 Å². The smallest absolute Gasteiger partial charge is 0.282 e. The zero-order valence-corrected chi connectivity index (χ0v) is 17.2. The largest absolute Gasteiger partial charge is 0.295 e. The minimum atomic E-state index is -4.80. The van der Waals surface area contributed by atoms with Crippen molar-refractivity contribution >= 4 is 44.1 Å². The fraction of sp³-hybridized carbons (Fsp3) is 0. The summed E-state index contributed by atoms with van der Waals surface area (Å²) in [6.45, 7) is 0. The summed E-state index contributed by atoms with van der Waals surface area (Å²) in [5, 5.41) is 22.6. The van der Waals surface area contributed by atoms with Crippen LogP contribution in [0.3, 0.4) is 0 Å². The molecule has 9 nitrogen and oxygen atoms in total. The van der Waals surface area contributed by atoms with E-state index in [-0.39, 0.29) is 16.7 Å². The molecule has 0 saturated heterocycles. The second kappa shape index (κ2) is 7.85. The number of benzene rings is 3. The van der Waals surface area contributed by atoms with Crippen LogP contribution in [0, 0.1) is 29.9 Å². The average molecular weight is 525 g/mol. The minimum Gasteiger partial charge on any atom is -0.282 e. The highest BCUT2D eigenvalue weighted by Gasteiger charge is 2.28. The summed E-state index contributed by atoms with van der Waals surface area (Å²) in [4.78, 5) is 20.3. The molecule has 0 bridgehead atoms.